The number of aromatic amines is 1. The molecule has 0 saturated heterocycles. The van der Waals surface area contributed by atoms with Crippen molar-refractivity contribution >= 4 is 29.1 Å². The maximum Gasteiger partial charge on any atom is 0.269 e. The van der Waals surface area contributed by atoms with E-state index < -0.39 is 10.8 Å². The fourth-order valence-electron chi connectivity index (χ4n) is 4.37. The summed E-state index contributed by atoms with van der Waals surface area (Å²) in [5.74, 6) is 0.430. The van der Waals surface area contributed by atoms with E-state index in [0.717, 1.165) is 23.2 Å². The quantitative estimate of drug-likeness (QED) is 0.215. The molecule has 172 valence electrons. The van der Waals surface area contributed by atoms with Gasteiger partial charge >= 0.3 is 0 Å². The standard InChI is InChI=1S/C24H20N4O5S/c29-16-10-6-14(7-11-16)19-20-17(2-1-3-18(20)30)25-22-21(19)23(31)27-24(26-22)34-12-13-4-8-15(9-5-13)28(32)33/h4-11,19,29H,1-3,12H2,(H2,25,26,27,31). The minimum absolute atomic E-state index is 0.00787. The molecule has 1 aliphatic heterocycles. The van der Waals surface area contributed by atoms with Crippen LogP contribution in [0.5, 0.6) is 5.75 Å². The summed E-state index contributed by atoms with van der Waals surface area (Å²) in [4.78, 5) is 44.0. The number of Topliss-reactive ketones (excluding diaryl/α,β-unsaturated/α-hetero) is 1. The van der Waals surface area contributed by atoms with Crippen molar-refractivity contribution in [2.45, 2.75) is 36.1 Å². The molecular formula is C24H20N4O5S. The molecule has 1 aromatic heterocycles. The number of H-pyrrole nitrogens is 1. The van der Waals surface area contributed by atoms with Crippen LogP contribution in [-0.4, -0.2) is 25.8 Å². The third-order valence-corrected chi connectivity index (χ3v) is 6.93. The molecule has 0 saturated carbocycles. The van der Waals surface area contributed by atoms with Crippen molar-refractivity contribution in [3.63, 3.8) is 0 Å². The van der Waals surface area contributed by atoms with Gasteiger partial charge in [-0.15, -0.1) is 0 Å². The molecule has 0 amide bonds. The van der Waals surface area contributed by atoms with Crippen LogP contribution in [0.4, 0.5) is 11.5 Å². The number of aromatic hydroxyl groups is 1. The van der Waals surface area contributed by atoms with E-state index in [4.69, 9.17) is 0 Å². The van der Waals surface area contributed by atoms with E-state index in [-0.39, 0.29) is 22.8 Å². The normalized spacial score (nSPS) is 17.1. The number of hydrogen-bond acceptors (Lipinski definition) is 8. The Morgan fingerprint density at radius 3 is 2.53 bits per heavy atom. The second-order valence-electron chi connectivity index (χ2n) is 8.16. The highest BCUT2D eigenvalue weighted by molar-refractivity contribution is 7.98. The van der Waals surface area contributed by atoms with Crippen LogP contribution in [0, 0.1) is 10.1 Å². The molecule has 5 rings (SSSR count). The minimum atomic E-state index is -0.565. The highest BCUT2D eigenvalue weighted by Gasteiger charge is 2.37. The Morgan fingerprint density at radius 2 is 1.82 bits per heavy atom. The number of ketones is 1. The number of carbonyl (C=O) groups is 1. The van der Waals surface area contributed by atoms with E-state index >= 15 is 0 Å². The predicted molar refractivity (Wildman–Crippen MR) is 127 cm³/mol. The molecule has 0 bridgehead atoms. The van der Waals surface area contributed by atoms with Crippen LogP contribution in [0.3, 0.4) is 0 Å². The van der Waals surface area contributed by atoms with Gasteiger partial charge in [0, 0.05) is 41.5 Å². The number of non-ortho nitro benzene ring substituents is 1. The maximum atomic E-state index is 13.2. The van der Waals surface area contributed by atoms with Gasteiger partial charge in [-0.3, -0.25) is 19.7 Å². The van der Waals surface area contributed by atoms with Crippen LogP contribution in [0.25, 0.3) is 0 Å². The smallest absolute Gasteiger partial charge is 0.269 e. The first-order valence-electron chi connectivity index (χ1n) is 10.7. The second-order valence-corrected chi connectivity index (χ2v) is 9.13. The molecular weight excluding hydrogens is 456 g/mol. The van der Waals surface area contributed by atoms with Crippen molar-refractivity contribution < 1.29 is 14.8 Å². The summed E-state index contributed by atoms with van der Waals surface area (Å²) >= 11 is 1.31. The van der Waals surface area contributed by atoms with Crippen LogP contribution in [0.2, 0.25) is 0 Å². The summed E-state index contributed by atoms with van der Waals surface area (Å²) in [6.45, 7) is 0. The number of rotatable bonds is 5. The number of nitro benzene ring substituents is 1. The third kappa shape index (κ3) is 4.08. The summed E-state index contributed by atoms with van der Waals surface area (Å²) in [6.07, 6.45) is 1.85. The molecule has 10 heteroatoms. The number of anilines is 1. The number of phenolic OH excluding ortho intramolecular Hbond substituents is 1. The molecule has 2 aliphatic rings. The molecule has 9 nitrogen and oxygen atoms in total. The van der Waals surface area contributed by atoms with Gasteiger partial charge in [-0.2, -0.15) is 0 Å². The monoisotopic (exact) mass is 476 g/mol. The summed E-state index contributed by atoms with van der Waals surface area (Å²) < 4.78 is 0. The number of nitro groups is 1. The fourth-order valence-corrected chi connectivity index (χ4v) is 5.19. The van der Waals surface area contributed by atoms with E-state index in [9.17, 15) is 24.8 Å². The Balaban J connectivity index is 1.50. The molecule has 3 N–H and O–H groups in total. The van der Waals surface area contributed by atoms with Crippen molar-refractivity contribution in [3.8, 4) is 5.75 Å². The number of nitrogens with zero attached hydrogens (tertiary/aromatic N) is 2. The Hall–Kier alpha value is -3.92. The van der Waals surface area contributed by atoms with E-state index in [1.807, 2.05) is 0 Å². The molecule has 1 aliphatic carbocycles. The van der Waals surface area contributed by atoms with Gasteiger partial charge in [-0.05, 0) is 36.1 Å². The number of benzene rings is 2. The van der Waals surface area contributed by atoms with Crippen LogP contribution in [0.15, 0.2) is 69.8 Å². The highest BCUT2D eigenvalue weighted by Crippen LogP contribution is 2.43. The van der Waals surface area contributed by atoms with Crippen molar-refractivity contribution in [2.75, 3.05) is 5.32 Å². The van der Waals surface area contributed by atoms with Gasteiger partial charge in [0.1, 0.15) is 11.6 Å². The largest absolute Gasteiger partial charge is 0.508 e. The molecule has 3 aromatic rings. The lowest BCUT2D eigenvalue weighted by Crippen LogP contribution is -2.32. The lowest BCUT2D eigenvalue weighted by Gasteiger charge is -2.32. The number of thioether (sulfide) groups is 1. The van der Waals surface area contributed by atoms with Gasteiger partial charge in [-0.1, -0.05) is 36.0 Å². The lowest BCUT2D eigenvalue weighted by molar-refractivity contribution is -0.384. The summed E-state index contributed by atoms with van der Waals surface area (Å²) in [5.41, 5.74) is 3.01. The van der Waals surface area contributed by atoms with Crippen molar-refractivity contribution in [3.05, 3.63) is 97.0 Å². The number of hydrogen-bond donors (Lipinski definition) is 3. The van der Waals surface area contributed by atoms with Gasteiger partial charge in [-0.25, -0.2) is 4.98 Å². The minimum Gasteiger partial charge on any atom is -0.508 e. The Labute approximate surface area is 198 Å². The molecule has 0 fully saturated rings. The zero-order chi connectivity index (χ0) is 23.8. The third-order valence-electron chi connectivity index (χ3n) is 5.99. The molecule has 34 heavy (non-hydrogen) atoms. The highest BCUT2D eigenvalue weighted by atomic mass is 32.2. The van der Waals surface area contributed by atoms with Crippen molar-refractivity contribution in [1.29, 1.82) is 0 Å². The number of carbonyl (C=O) groups excluding carboxylic acids is 1. The van der Waals surface area contributed by atoms with Crippen LogP contribution >= 0.6 is 11.8 Å². The Bertz CT molecular complexity index is 1380. The topological polar surface area (TPSA) is 138 Å². The van der Waals surface area contributed by atoms with E-state index in [0.29, 0.717) is 40.7 Å². The number of fused-ring (bicyclic) bond motifs is 1. The number of phenols is 1. The van der Waals surface area contributed by atoms with Gasteiger partial charge in [0.15, 0.2) is 10.9 Å². The van der Waals surface area contributed by atoms with Gasteiger partial charge in [0.05, 0.1) is 10.5 Å². The molecule has 0 spiro atoms. The van der Waals surface area contributed by atoms with E-state index in [1.54, 1.807) is 36.4 Å². The van der Waals surface area contributed by atoms with Crippen molar-refractivity contribution in [1.82, 2.24) is 9.97 Å². The first-order valence-corrected chi connectivity index (χ1v) is 11.7. The predicted octanol–water partition coefficient (Wildman–Crippen LogP) is 4.24. The average Bonchev–Trinajstić information content (AvgIpc) is 2.82. The van der Waals surface area contributed by atoms with Crippen LogP contribution in [-0.2, 0) is 10.5 Å². The zero-order valence-electron chi connectivity index (χ0n) is 17.9. The number of aromatic nitrogens is 2. The molecule has 1 unspecified atom stereocenters. The van der Waals surface area contributed by atoms with Crippen LogP contribution in [0.1, 0.15) is 41.9 Å². The summed E-state index contributed by atoms with van der Waals surface area (Å²) in [5, 5.41) is 24.2. The molecule has 0 radical (unpaired) electrons. The lowest BCUT2D eigenvalue weighted by atomic mass is 9.76. The zero-order valence-corrected chi connectivity index (χ0v) is 18.7. The van der Waals surface area contributed by atoms with Gasteiger partial charge < -0.3 is 15.4 Å². The average molecular weight is 477 g/mol. The number of allylic oxidation sites excluding steroid dienone is 2. The summed E-state index contributed by atoms with van der Waals surface area (Å²) in [6, 6.07) is 12.8. The Morgan fingerprint density at radius 1 is 1.09 bits per heavy atom. The SMILES string of the molecule is O=C1CCCC2=C1C(c1ccc(O)cc1)c1c(nc(SCc3ccc([N+](=O)[O-])cc3)[nH]c1=O)N2. The number of nitrogens with one attached hydrogen (secondary N) is 2. The van der Waals surface area contributed by atoms with E-state index in [1.165, 1.54) is 23.9 Å². The maximum absolute atomic E-state index is 13.2. The second kappa shape index (κ2) is 8.79. The summed E-state index contributed by atoms with van der Waals surface area (Å²) in [7, 11) is 0. The van der Waals surface area contributed by atoms with E-state index in [2.05, 4.69) is 15.3 Å². The van der Waals surface area contributed by atoms with Gasteiger partial charge in [0.25, 0.3) is 11.2 Å². The van der Waals surface area contributed by atoms with Gasteiger partial charge in [0.2, 0.25) is 0 Å². The first-order chi connectivity index (χ1) is 16.4. The fraction of sp³-hybridized carbons (Fsp3) is 0.208. The molecule has 1 atom stereocenters. The van der Waals surface area contributed by atoms with Crippen LogP contribution < -0.4 is 10.9 Å². The first kappa shape index (κ1) is 21.9. The Kier molecular flexibility index (Phi) is 5.66. The van der Waals surface area contributed by atoms with Crippen molar-refractivity contribution in [2.24, 2.45) is 0 Å². The molecule has 2 heterocycles. The molecule has 2 aromatic carbocycles.